The van der Waals surface area contributed by atoms with Crippen LogP contribution in [0.1, 0.15) is 37.9 Å². The molecule has 2 aromatic heterocycles. The molecule has 2 aromatic rings. The Balaban J connectivity index is 1.62. The lowest BCUT2D eigenvalue weighted by Gasteiger charge is -2.37. The topological polar surface area (TPSA) is 49.6 Å². The van der Waals surface area contributed by atoms with Gasteiger partial charge in [-0.15, -0.1) is 0 Å². The lowest BCUT2D eigenvalue weighted by Crippen LogP contribution is -2.49. The van der Waals surface area contributed by atoms with Crippen molar-refractivity contribution in [2.45, 2.75) is 46.2 Å². The first-order valence-electron chi connectivity index (χ1n) is 8.53. The van der Waals surface area contributed by atoms with Crippen LogP contribution in [0.15, 0.2) is 24.5 Å². The molecule has 0 bridgehead atoms. The number of piperidine rings is 1. The molecular weight excluding hydrogens is 288 g/mol. The molecule has 1 amide bonds. The highest BCUT2D eigenvalue weighted by Gasteiger charge is 2.27. The third-order valence-electron chi connectivity index (χ3n) is 4.91. The average molecular weight is 314 g/mol. The number of fused-ring (bicyclic) bond motifs is 1. The third-order valence-corrected chi connectivity index (χ3v) is 4.91. The predicted molar refractivity (Wildman–Crippen MR) is 91.2 cm³/mol. The first kappa shape index (κ1) is 16.0. The van der Waals surface area contributed by atoms with Gasteiger partial charge < -0.3 is 14.6 Å². The van der Waals surface area contributed by atoms with Gasteiger partial charge in [-0.2, -0.15) is 0 Å². The van der Waals surface area contributed by atoms with Gasteiger partial charge in [0.15, 0.2) is 0 Å². The van der Waals surface area contributed by atoms with Gasteiger partial charge in [0, 0.05) is 38.3 Å². The van der Waals surface area contributed by atoms with E-state index >= 15 is 0 Å². The molecule has 23 heavy (non-hydrogen) atoms. The van der Waals surface area contributed by atoms with Crippen LogP contribution in [-0.4, -0.2) is 39.3 Å². The highest BCUT2D eigenvalue weighted by Crippen LogP contribution is 2.18. The Kier molecular flexibility index (Phi) is 4.66. The van der Waals surface area contributed by atoms with Gasteiger partial charge in [0.05, 0.1) is 11.9 Å². The van der Waals surface area contributed by atoms with E-state index < -0.39 is 0 Å². The predicted octanol–water partition coefficient (Wildman–Crippen LogP) is 2.38. The van der Waals surface area contributed by atoms with Crippen LogP contribution in [0, 0.1) is 12.8 Å². The number of carbonyl (C=O) groups excluding carboxylic acids is 1. The second-order valence-electron chi connectivity index (χ2n) is 6.58. The van der Waals surface area contributed by atoms with Gasteiger partial charge in [0.1, 0.15) is 5.65 Å². The smallest absolute Gasteiger partial charge is 0.222 e. The van der Waals surface area contributed by atoms with E-state index in [0.29, 0.717) is 18.4 Å². The van der Waals surface area contributed by atoms with Crippen molar-refractivity contribution < 1.29 is 4.79 Å². The Hall–Kier alpha value is -1.88. The lowest BCUT2D eigenvalue weighted by atomic mass is 9.93. The quantitative estimate of drug-likeness (QED) is 0.942. The van der Waals surface area contributed by atoms with Crippen LogP contribution >= 0.6 is 0 Å². The van der Waals surface area contributed by atoms with Crippen LogP contribution in [0.2, 0.25) is 0 Å². The molecule has 1 saturated heterocycles. The zero-order valence-electron chi connectivity index (χ0n) is 14.2. The second kappa shape index (κ2) is 6.71. The van der Waals surface area contributed by atoms with Crippen LogP contribution in [0.3, 0.4) is 0 Å². The number of amides is 1. The minimum Gasteiger partial charge on any atom is -0.342 e. The number of hydrogen-bond donors (Lipinski definition) is 1. The summed E-state index contributed by atoms with van der Waals surface area (Å²) in [5, 5.41) is 3.66. The molecular formula is C18H26N4O. The summed E-state index contributed by atoms with van der Waals surface area (Å²) in [5.74, 6) is 0.743. The van der Waals surface area contributed by atoms with Gasteiger partial charge in [0.25, 0.3) is 0 Å². The van der Waals surface area contributed by atoms with Gasteiger partial charge in [-0.1, -0.05) is 19.9 Å². The van der Waals surface area contributed by atoms with Gasteiger partial charge >= 0.3 is 0 Å². The highest BCUT2D eigenvalue weighted by molar-refractivity contribution is 5.75. The largest absolute Gasteiger partial charge is 0.342 e. The summed E-state index contributed by atoms with van der Waals surface area (Å²) >= 11 is 0. The van der Waals surface area contributed by atoms with Gasteiger partial charge in [0.2, 0.25) is 5.91 Å². The zero-order valence-corrected chi connectivity index (χ0v) is 14.2. The van der Waals surface area contributed by atoms with Crippen molar-refractivity contribution >= 4 is 11.6 Å². The van der Waals surface area contributed by atoms with E-state index in [4.69, 9.17) is 0 Å². The molecule has 124 valence electrons. The molecule has 1 fully saturated rings. The molecule has 0 aromatic carbocycles. The number of carbonyl (C=O) groups is 1. The van der Waals surface area contributed by atoms with E-state index in [2.05, 4.69) is 46.9 Å². The first-order valence-corrected chi connectivity index (χ1v) is 8.53. The third kappa shape index (κ3) is 3.24. The van der Waals surface area contributed by atoms with Crippen LogP contribution in [-0.2, 0) is 11.3 Å². The summed E-state index contributed by atoms with van der Waals surface area (Å²) in [4.78, 5) is 18.4. The first-order chi connectivity index (χ1) is 11.1. The Bertz CT molecular complexity index is 693. The number of nitrogens with one attached hydrogen (secondary N) is 1. The normalized spacial score (nSPS) is 21.8. The fourth-order valence-electron chi connectivity index (χ4n) is 3.47. The van der Waals surface area contributed by atoms with Gasteiger partial charge in [-0.25, -0.2) is 4.98 Å². The standard InChI is InChI=1S/C18H26N4O/c1-4-17(23)21-9-7-16(14(3)12-21)19-10-15-11-20-18-13(2)6-5-8-22(15)18/h5-6,8,11,14,16,19H,4,7,9-10,12H2,1-3H3/t14-,16-/m1/s1. The van der Waals surface area contributed by atoms with Crippen LogP contribution in [0.25, 0.3) is 5.65 Å². The number of hydrogen-bond acceptors (Lipinski definition) is 3. The van der Waals surface area contributed by atoms with E-state index in [1.165, 1.54) is 11.3 Å². The van der Waals surface area contributed by atoms with Crippen molar-refractivity contribution in [1.29, 1.82) is 0 Å². The van der Waals surface area contributed by atoms with E-state index in [1.807, 2.05) is 18.0 Å². The summed E-state index contributed by atoms with van der Waals surface area (Å²) in [6.07, 6.45) is 5.64. The van der Waals surface area contributed by atoms with Crippen LogP contribution in [0.4, 0.5) is 0 Å². The van der Waals surface area contributed by atoms with Crippen molar-refractivity contribution in [3.05, 3.63) is 35.8 Å². The number of aryl methyl sites for hydroxylation is 1. The number of rotatable bonds is 4. The molecule has 0 aliphatic carbocycles. The summed E-state index contributed by atoms with van der Waals surface area (Å²) < 4.78 is 2.16. The van der Waals surface area contributed by atoms with Crippen molar-refractivity contribution in [3.63, 3.8) is 0 Å². The highest BCUT2D eigenvalue weighted by atomic mass is 16.2. The molecule has 0 spiro atoms. The van der Waals surface area contributed by atoms with E-state index in [-0.39, 0.29) is 5.91 Å². The van der Waals surface area contributed by atoms with E-state index in [1.54, 1.807) is 0 Å². The lowest BCUT2D eigenvalue weighted by molar-refractivity contribution is -0.132. The molecule has 0 radical (unpaired) electrons. The fraction of sp³-hybridized carbons (Fsp3) is 0.556. The minimum atomic E-state index is 0.271. The molecule has 0 saturated carbocycles. The number of aromatic nitrogens is 2. The number of pyridine rings is 1. The van der Waals surface area contributed by atoms with Crippen molar-refractivity contribution in [2.75, 3.05) is 13.1 Å². The number of imidazole rings is 1. The molecule has 5 heteroatoms. The Morgan fingerprint density at radius 3 is 3.04 bits per heavy atom. The summed E-state index contributed by atoms with van der Waals surface area (Å²) in [6, 6.07) is 4.60. The average Bonchev–Trinajstić information content (AvgIpc) is 2.97. The van der Waals surface area contributed by atoms with Gasteiger partial charge in [-0.3, -0.25) is 4.79 Å². The maximum atomic E-state index is 11.8. The summed E-state index contributed by atoms with van der Waals surface area (Å²) in [7, 11) is 0. The van der Waals surface area contributed by atoms with Crippen molar-refractivity contribution in [2.24, 2.45) is 5.92 Å². The van der Waals surface area contributed by atoms with E-state index in [0.717, 1.165) is 31.7 Å². The van der Waals surface area contributed by atoms with Crippen molar-refractivity contribution in [1.82, 2.24) is 19.6 Å². The Morgan fingerprint density at radius 2 is 2.30 bits per heavy atom. The van der Waals surface area contributed by atoms with Gasteiger partial charge in [-0.05, 0) is 30.9 Å². The summed E-state index contributed by atoms with van der Waals surface area (Å²) in [6.45, 7) is 8.77. The zero-order chi connectivity index (χ0) is 16.4. The maximum Gasteiger partial charge on any atom is 0.222 e. The van der Waals surface area contributed by atoms with Crippen LogP contribution in [0.5, 0.6) is 0 Å². The molecule has 3 rings (SSSR count). The van der Waals surface area contributed by atoms with E-state index in [9.17, 15) is 4.79 Å². The SMILES string of the molecule is CCC(=O)N1CC[C@@H](NCc2cnc3c(C)cccn23)[C@H](C)C1. The maximum absolute atomic E-state index is 11.8. The molecule has 5 nitrogen and oxygen atoms in total. The molecule has 2 atom stereocenters. The second-order valence-corrected chi connectivity index (χ2v) is 6.58. The Labute approximate surface area is 137 Å². The van der Waals surface area contributed by atoms with Crippen LogP contribution < -0.4 is 5.32 Å². The van der Waals surface area contributed by atoms with Crippen molar-refractivity contribution in [3.8, 4) is 0 Å². The minimum absolute atomic E-state index is 0.271. The summed E-state index contributed by atoms with van der Waals surface area (Å²) in [5.41, 5.74) is 3.40. The Morgan fingerprint density at radius 1 is 1.48 bits per heavy atom. The molecule has 1 N–H and O–H groups in total. The molecule has 1 aliphatic rings. The number of likely N-dealkylation sites (tertiary alicyclic amines) is 1. The monoisotopic (exact) mass is 314 g/mol. The molecule has 3 heterocycles. The molecule has 1 aliphatic heterocycles. The number of nitrogens with zero attached hydrogens (tertiary/aromatic N) is 3. The fourth-order valence-corrected chi connectivity index (χ4v) is 3.47. The molecule has 0 unspecified atom stereocenters.